The Bertz CT molecular complexity index is 554. The van der Waals surface area contributed by atoms with Gasteiger partial charge in [-0.3, -0.25) is 4.68 Å². The largest absolute Gasteiger partial charge is 0.492 e. The van der Waals surface area contributed by atoms with Crippen molar-refractivity contribution in [2.24, 2.45) is 0 Å². The number of aromatic nitrogens is 2. The lowest BCUT2D eigenvalue weighted by Gasteiger charge is -2.11. The summed E-state index contributed by atoms with van der Waals surface area (Å²) < 4.78 is 7.52. The number of aryl methyl sites for hydroxylation is 1. The molecule has 0 atom stereocenters. The fourth-order valence-corrected chi connectivity index (χ4v) is 2.16. The van der Waals surface area contributed by atoms with E-state index in [-0.39, 0.29) is 0 Å². The maximum Gasteiger partial charge on any atom is 0.138 e. The third-order valence-corrected chi connectivity index (χ3v) is 3.27. The van der Waals surface area contributed by atoms with Crippen molar-refractivity contribution >= 4 is 17.3 Å². The van der Waals surface area contributed by atoms with Gasteiger partial charge in [-0.15, -0.1) is 0 Å². The molecule has 4 nitrogen and oxygen atoms in total. The van der Waals surface area contributed by atoms with Crippen LogP contribution in [0.5, 0.6) is 5.75 Å². The van der Waals surface area contributed by atoms with Crippen LogP contribution in [0.3, 0.4) is 0 Å². The normalized spacial score (nSPS) is 10.6. The molecule has 108 valence electrons. The number of ether oxygens (including phenoxy) is 1. The molecule has 1 heterocycles. The summed E-state index contributed by atoms with van der Waals surface area (Å²) in [7, 11) is 0. The predicted molar refractivity (Wildman–Crippen MR) is 82.5 cm³/mol. The average Bonchev–Trinajstić information content (AvgIpc) is 2.91. The van der Waals surface area contributed by atoms with E-state index in [1.165, 1.54) is 0 Å². The van der Waals surface area contributed by atoms with Crippen LogP contribution in [0.2, 0.25) is 5.02 Å². The van der Waals surface area contributed by atoms with Crippen LogP contribution in [0.25, 0.3) is 0 Å². The zero-order valence-electron chi connectivity index (χ0n) is 11.9. The van der Waals surface area contributed by atoms with Gasteiger partial charge in [0.1, 0.15) is 5.75 Å². The molecular weight excluding hydrogens is 274 g/mol. The lowest BCUT2D eigenvalue weighted by Crippen LogP contribution is -2.07. The summed E-state index contributed by atoms with van der Waals surface area (Å²) in [6.07, 6.45) is 2.78. The monoisotopic (exact) mass is 293 g/mol. The van der Waals surface area contributed by atoms with E-state index in [9.17, 15) is 0 Å². The van der Waals surface area contributed by atoms with E-state index in [1.807, 2.05) is 35.1 Å². The lowest BCUT2D eigenvalue weighted by molar-refractivity contribution is 0.317. The van der Waals surface area contributed by atoms with Gasteiger partial charge in [-0.1, -0.05) is 18.5 Å². The standard InChI is InChI=1S/C15H20ClN3O/c1-3-9-20-15-6-5-12(10-14(15)16)17-11-13-7-8-18-19(13)4-2/h5-8,10,17H,3-4,9,11H2,1-2H3. The smallest absolute Gasteiger partial charge is 0.138 e. The second-order valence-electron chi connectivity index (χ2n) is 4.49. The summed E-state index contributed by atoms with van der Waals surface area (Å²) in [5, 5.41) is 8.22. The third-order valence-electron chi connectivity index (χ3n) is 2.97. The van der Waals surface area contributed by atoms with Gasteiger partial charge in [0.15, 0.2) is 0 Å². The van der Waals surface area contributed by atoms with E-state index in [0.717, 1.165) is 36.6 Å². The van der Waals surface area contributed by atoms with Crippen molar-refractivity contribution in [3.63, 3.8) is 0 Å². The number of hydrogen-bond acceptors (Lipinski definition) is 3. The first-order valence-corrected chi connectivity index (χ1v) is 7.29. The molecule has 0 bridgehead atoms. The van der Waals surface area contributed by atoms with Crippen molar-refractivity contribution in [3.8, 4) is 5.75 Å². The highest BCUT2D eigenvalue weighted by Crippen LogP contribution is 2.28. The van der Waals surface area contributed by atoms with Gasteiger partial charge in [-0.25, -0.2) is 0 Å². The summed E-state index contributed by atoms with van der Waals surface area (Å²) in [5.74, 6) is 0.734. The van der Waals surface area contributed by atoms with E-state index in [4.69, 9.17) is 16.3 Å². The molecular formula is C15H20ClN3O. The molecule has 0 aliphatic heterocycles. The van der Waals surface area contributed by atoms with Crippen LogP contribution in [0, 0.1) is 0 Å². The second-order valence-corrected chi connectivity index (χ2v) is 4.89. The van der Waals surface area contributed by atoms with Gasteiger partial charge < -0.3 is 10.1 Å². The van der Waals surface area contributed by atoms with Gasteiger partial charge in [-0.05, 0) is 37.6 Å². The average molecular weight is 294 g/mol. The molecule has 0 saturated carbocycles. The van der Waals surface area contributed by atoms with Gasteiger partial charge in [-0.2, -0.15) is 5.10 Å². The number of anilines is 1. The third kappa shape index (κ3) is 3.67. The van der Waals surface area contributed by atoms with Crippen LogP contribution in [-0.2, 0) is 13.1 Å². The van der Waals surface area contributed by atoms with E-state index < -0.39 is 0 Å². The zero-order chi connectivity index (χ0) is 14.4. The summed E-state index contributed by atoms with van der Waals surface area (Å²) in [5.41, 5.74) is 2.12. The van der Waals surface area contributed by atoms with Crippen molar-refractivity contribution in [2.75, 3.05) is 11.9 Å². The molecule has 1 N–H and O–H groups in total. The molecule has 0 aliphatic rings. The molecule has 0 fully saturated rings. The summed E-state index contributed by atoms with van der Waals surface area (Å²) in [6.45, 7) is 6.42. The van der Waals surface area contributed by atoms with Crippen LogP contribution in [0.15, 0.2) is 30.5 Å². The minimum Gasteiger partial charge on any atom is -0.492 e. The van der Waals surface area contributed by atoms with Gasteiger partial charge in [0, 0.05) is 18.4 Å². The number of hydrogen-bond donors (Lipinski definition) is 1. The Labute approximate surface area is 124 Å². The van der Waals surface area contributed by atoms with Crippen molar-refractivity contribution < 1.29 is 4.74 Å². The molecule has 0 aliphatic carbocycles. The maximum atomic E-state index is 6.20. The van der Waals surface area contributed by atoms with Crippen LogP contribution in [0.1, 0.15) is 26.0 Å². The van der Waals surface area contributed by atoms with Crippen LogP contribution < -0.4 is 10.1 Å². The number of rotatable bonds is 7. The molecule has 1 aromatic heterocycles. The molecule has 5 heteroatoms. The zero-order valence-corrected chi connectivity index (χ0v) is 12.7. The first kappa shape index (κ1) is 14.7. The van der Waals surface area contributed by atoms with Crippen molar-refractivity contribution in [2.45, 2.75) is 33.4 Å². The number of halogens is 1. The Kier molecular flexibility index (Phi) is 5.30. The first-order valence-electron chi connectivity index (χ1n) is 6.91. The highest BCUT2D eigenvalue weighted by molar-refractivity contribution is 6.32. The molecule has 0 unspecified atom stereocenters. The Morgan fingerprint density at radius 1 is 1.30 bits per heavy atom. The molecule has 0 amide bonds. The second kappa shape index (κ2) is 7.20. The summed E-state index contributed by atoms with van der Waals surface area (Å²) in [6, 6.07) is 7.77. The summed E-state index contributed by atoms with van der Waals surface area (Å²) in [4.78, 5) is 0. The fourth-order valence-electron chi connectivity index (χ4n) is 1.93. The minimum atomic E-state index is 0.632. The topological polar surface area (TPSA) is 39.1 Å². The molecule has 20 heavy (non-hydrogen) atoms. The van der Waals surface area contributed by atoms with Gasteiger partial charge in [0.2, 0.25) is 0 Å². The van der Waals surface area contributed by atoms with Crippen LogP contribution in [0.4, 0.5) is 5.69 Å². The van der Waals surface area contributed by atoms with Crippen LogP contribution >= 0.6 is 11.6 Å². The molecule has 2 aromatic rings. The highest BCUT2D eigenvalue weighted by atomic mass is 35.5. The Morgan fingerprint density at radius 3 is 2.85 bits per heavy atom. The Morgan fingerprint density at radius 2 is 2.15 bits per heavy atom. The van der Waals surface area contributed by atoms with Gasteiger partial charge in [0.05, 0.1) is 23.9 Å². The van der Waals surface area contributed by atoms with E-state index in [1.54, 1.807) is 0 Å². The van der Waals surface area contributed by atoms with E-state index in [0.29, 0.717) is 11.6 Å². The van der Waals surface area contributed by atoms with Gasteiger partial charge >= 0.3 is 0 Å². The fraction of sp³-hybridized carbons (Fsp3) is 0.400. The summed E-state index contributed by atoms with van der Waals surface area (Å²) >= 11 is 6.20. The van der Waals surface area contributed by atoms with Crippen molar-refractivity contribution in [3.05, 3.63) is 41.2 Å². The maximum absolute atomic E-state index is 6.20. The molecule has 0 radical (unpaired) electrons. The van der Waals surface area contributed by atoms with E-state index >= 15 is 0 Å². The lowest BCUT2D eigenvalue weighted by atomic mass is 10.3. The minimum absolute atomic E-state index is 0.632. The molecule has 2 rings (SSSR count). The quantitative estimate of drug-likeness (QED) is 0.840. The Balaban J connectivity index is 1.98. The molecule has 0 saturated heterocycles. The SMILES string of the molecule is CCCOc1ccc(NCc2ccnn2CC)cc1Cl. The first-order chi connectivity index (χ1) is 9.74. The molecule has 1 aromatic carbocycles. The van der Waals surface area contributed by atoms with Crippen molar-refractivity contribution in [1.29, 1.82) is 0 Å². The number of nitrogens with zero attached hydrogens (tertiary/aromatic N) is 2. The Hall–Kier alpha value is -1.68. The van der Waals surface area contributed by atoms with E-state index in [2.05, 4.69) is 24.3 Å². The number of benzene rings is 1. The van der Waals surface area contributed by atoms with Crippen molar-refractivity contribution in [1.82, 2.24) is 9.78 Å². The van der Waals surface area contributed by atoms with Crippen LogP contribution in [-0.4, -0.2) is 16.4 Å². The highest BCUT2D eigenvalue weighted by Gasteiger charge is 2.04. The van der Waals surface area contributed by atoms with Gasteiger partial charge in [0.25, 0.3) is 0 Å². The molecule has 0 spiro atoms. The number of nitrogens with one attached hydrogen (secondary N) is 1. The predicted octanol–water partition coefficient (Wildman–Crippen LogP) is 3.96.